The maximum atomic E-state index is 9.06. The highest BCUT2D eigenvalue weighted by molar-refractivity contribution is 5.74. The molecule has 0 saturated carbocycles. The third-order valence-corrected chi connectivity index (χ3v) is 2.51. The molecular formula is C11H15N3O. The topological polar surface area (TPSA) is 60.9 Å². The van der Waals surface area contributed by atoms with Gasteiger partial charge in [0.2, 0.25) is 0 Å². The van der Waals surface area contributed by atoms with E-state index in [1.807, 2.05) is 31.3 Å². The van der Waals surface area contributed by atoms with Crippen LogP contribution in [0.4, 0.5) is 0 Å². The van der Waals surface area contributed by atoms with E-state index in [1.54, 1.807) is 0 Å². The monoisotopic (exact) mass is 205 g/mol. The first-order valence-electron chi connectivity index (χ1n) is 5.05. The van der Waals surface area contributed by atoms with Gasteiger partial charge in [-0.1, -0.05) is 12.1 Å². The van der Waals surface area contributed by atoms with Gasteiger partial charge < -0.3 is 15.4 Å². The standard InChI is InChI=1S/C11H15N3O/c1-12-8(7-15)6-11-13-9-4-2-3-5-10(9)14-11/h2-5,8,12,15H,6-7H2,1H3,(H,13,14). The van der Waals surface area contributed by atoms with E-state index in [-0.39, 0.29) is 12.6 Å². The third-order valence-electron chi connectivity index (χ3n) is 2.51. The van der Waals surface area contributed by atoms with E-state index in [0.717, 1.165) is 16.9 Å². The second-order valence-electron chi connectivity index (χ2n) is 3.57. The Labute approximate surface area is 88.3 Å². The number of hydrogen-bond donors (Lipinski definition) is 3. The largest absolute Gasteiger partial charge is 0.395 e. The fourth-order valence-corrected chi connectivity index (χ4v) is 1.59. The molecule has 15 heavy (non-hydrogen) atoms. The van der Waals surface area contributed by atoms with E-state index in [0.29, 0.717) is 6.42 Å². The van der Waals surface area contributed by atoms with E-state index in [9.17, 15) is 0 Å². The van der Waals surface area contributed by atoms with E-state index < -0.39 is 0 Å². The Morgan fingerprint density at radius 1 is 1.47 bits per heavy atom. The first-order valence-corrected chi connectivity index (χ1v) is 5.05. The van der Waals surface area contributed by atoms with Crippen molar-refractivity contribution in [2.45, 2.75) is 12.5 Å². The van der Waals surface area contributed by atoms with Crippen molar-refractivity contribution in [1.29, 1.82) is 0 Å². The summed E-state index contributed by atoms with van der Waals surface area (Å²) in [5, 5.41) is 12.1. The van der Waals surface area contributed by atoms with E-state index >= 15 is 0 Å². The lowest BCUT2D eigenvalue weighted by Crippen LogP contribution is -2.31. The van der Waals surface area contributed by atoms with Crippen LogP contribution in [0.1, 0.15) is 5.82 Å². The van der Waals surface area contributed by atoms with Crippen LogP contribution in [0, 0.1) is 0 Å². The summed E-state index contributed by atoms with van der Waals surface area (Å²) in [4.78, 5) is 7.67. The number of nitrogens with one attached hydrogen (secondary N) is 2. The molecule has 1 aromatic heterocycles. The minimum absolute atomic E-state index is 0.0607. The number of likely N-dealkylation sites (N-methyl/N-ethyl adjacent to an activating group) is 1. The molecule has 3 N–H and O–H groups in total. The van der Waals surface area contributed by atoms with Gasteiger partial charge in [-0.15, -0.1) is 0 Å². The molecule has 0 spiro atoms. The normalized spacial score (nSPS) is 13.2. The minimum atomic E-state index is 0.0607. The summed E-state index contributed by atoms with van der Waals surface area (Å²) >= 11 is 0. The highest BCUT2D eigenvalue weighted by Gasteiger charge is 2.08. The first-order chi connectivity index (χ1) is 7.33. The Kier molecular flexibility index (Phi) is 2.99. The van der Waals surface area contributed by atoms with Crippen molar-refractivity contribution in [3.63, 3.8) is 0 Å². The number of fused-ring (bicyclic) bond motifs is 1. The molecule has 1 atom stereocenters. The quantitative estimate of drug-likeness (QED) is 0.688. The molecule has 2 rings (SSSR count). The lowest BCUT2D eigenvalue weighted by atomic mass is 10.2. The van der Waals surface area contributed by atoms with E-state index in [4.69, 9.17) is 5.11 Å². The Balaban J connectivity index is 2.21. The van der Waals surface area contributed by atoms with Crippen molar-refractivity contribution in [1.82, 2.24) is 15.3 Å². The van der Waals surface area contributed by atoms with Crippen molar-refractivity contribution in [2.75, 3.05) is 13.7 Å². The maximum Gasteiger partial charge on any atom is 0.108 e. The van der Waals surface area contributed by atoms with Gasteiger partial charge in [-0.2, -0.15) is 0 Å². The molecule has 1 heterocycles. The summed E-state index contributed by atoms with van der Waals surface area (Å²) < 4.78 is 0. The van der Waals surface area contributed by atoms with Crippen LogP contribution >= 0.6 is 0 Å². The van der Waals surface area contributed by atoms with Gasteiger partial charge in [0.25, 0.3) is 0 Å². The number of aliphatic hydroxyl groups excluding tert-OH is 1. The number of nitrogens with zero attached hydrogens (tertiary/aromatic N) is 1. The molecule has 80 valence electrons. The molecule has 0 amide bonds. The van der Waals surface area contributed by atoms with E-state index in [1.165, 1.54) is 0 Å². The highest BCUT2D eigenvalue weighted by atomic mass is 16.3. The number of hydrogen-bond acceptors (Lipinski definition) is 3. The zero-order valence-electron chi connectivity index (χ0n) is 8.70. The van der Waals surface area contributed by atoms with Crippen LogP contribution in [0.25, 0.3) is 11.0 Å². The third kappa shape index (κ3) is 2.16. The molecule has 1 unspecified atom stereocenters. The van der Waals surface area contributed by atoms with Gasteiger partial charge in [0.1, 0.15) is 5.82 Å². The van der Waals surface area contributed by atoms with Gasteiger partial charge in [0.05, 0.1) is 17.6 Å². The molecule has 0 aliphatic heterocycles. The minimum Gasteiger partial charge on any atom is -0.395 e. The molecular weight excluding hydrogens is 190 g/mol. The van der Waals surface area contributed by atoms with Crippen molar-refractivity contribution in [2.24, 2.45) is 0 Å². The summed E-state index contributed by atoms with van der Waals surface area (Å²) in [6, 6.07) is 7.98. The maximum absolute atomic E-state index is 9.06. The number of aromatic amines is 1. The lowest BCUT2D eigenvalue weighted by molar-refractivity contribution is 0.247. The fraction of sp³-hybridized carbons (Fsp3) is 0.364. The number of benzene rings is 1. The Morgan fingerprint density at radius 3 is 2.93 bits per heavy atom. The van der Waals surface area contributed by atoms with Gasteiger partial charge in [0, 0.05) is 12.5 Å². The lowest BCUT2D eigenvalue weighted by Gasteiger charge is -2.10. The second kappa shape index (κ2) is 4.42. The highest BCUT2D eigenvalue weighted by Crippen LogP contribution is 2.11. The predicted molar refractivity (Wildman–Crippen MR) is 59.7 cm³/mol. The summed E-state index contributed by atoms with van der Waals surface area (Å²) in [7, 11) is 1.84. The SMILES string of the molecule is CNC(CO)Cc1nc2ccccc2[nH]1. The van der Waals surface area contributed by atoms with Gasteiger partial charge >= 0.3 is 0 Å². The number of aromatic nitrogens is 2. The summed E-state index contributed by atoms with van der Waals surface area (Å²) in [6.07, 6.45) is 0.710. The molecule has 0 aliphatic rings. The van der Waals surface area contributed by atoms with Crippen molar-refractivity contribution < 1.29 is 5.11 Å². The molecule has 0 radical (unpaired) electrons. The van der Waals surface area contributed by atoms with Crippen LogP contribution in [0.5, 0.6) is 0 Å². The Hall–Kier alpha value is -1.39. The van der Waals surface area contributed by atoms with Crippen LogP contribution in [0.3, 0.4) is 0 Å². The van der Waals surface area contributed by atoms with Crippen LogP contribution in [0.15, 0.2) is 24.3 Å². The average molecular weight is 205 g/mol. The predicted octanol–water partition coefficient (Wildman–Crippen LogP) is 0.686. The van der Waals surface area contributed by atoms with Crippen LogP contribution in [-0.2, 0) is 6.42 Å². The first kappa shape index (κ1) is 10.1. The molecule has 0 saturated heterocycles. The smallest absolute Gasteiger partial charge is 0.108 e. The number of rotatable bonds is 4. The van der Waals surface area contributed by atoms with Crippen molar-refractivity contribution in [3.05, 3.63) is 30.1 Å². The number of imidazole rings is 1. The van der Waals surface area contributed by atoms with Crippen molar-refractivity contribution in [3.8, 4) is 0 Å². The summed E-state index contributed by atoms with van der Waals surface area (Å²) in [5.41, 5.74) is 2.01. The van der Waals surface area contributed by atoms with Gasteiger partial charge in [0.15, 0.2) is 0 Å². The van der Waals surface area contributed by atoms with Crippen LogP contribution in [0.2, 0.25) is 0 Å². The average Bonchev–Trinajstić information content (AvgIpc) is 2.68. The molecule has 2 aromatic rings. The molecule has 4 nitrogen and oxygen atoms in total. The summed E-state index contributed by atoms with van der Waals surface area (Å²) in [6.45, 7) is 0.119. The number of H-pyrrole nitrogens is 1. The number of aliphatic hydroxyl groups is 1. The van der Waals surface area contributed by atoms with Crippen molar-refractivity contribution >= 4 is 11.0 Å². The van der Waals surface area contributed by atoms with Gasteiger partial charge in [-0.25, -0.2) is 4.98 Å². The van der Waals surface area contributed by atoms with E-state index in [2.05, 4.69) is 15.3 Å². The molecule has 0 fully saturated rings. The molecule has 0 aliphatic carbocycles. The number of para-hydroxylation sites is 2. The zero-order valence-corrected chi connectivity index (χ0v) is 8.70. The van der Waals surface area contributed by atoms with Gasteiger partial charge in [-0.05, 0) is 19.2 Å². The summed E-state index contributed by atoms with van der Waals surface area (Å²) in [5.74, 6) is 0.907. The van der Waals surface area contributed by atoms with Gasteiger partial charge in [-0.3, -0.25) is 0 Å². The zero-order chi connectivity index (χ0) is 10.7. The Bertz CT molecular complexity index is 401. The molecule has 0 bridgehead atoms. The molecule has 1 aromatic carbocycles. The van der Waals surface area contributed by atoms with Crippen LogP contribution in [-0.4, -0.2) is 34.8 Å². The van der Waals surface area contributed by atoms with Crippen LogP contribution < -0.4 is 5.32 Å². The second-order valence-corrected chi connectivity index (χ2v) is 3.57. The Morgan fingerprint density at radius 2 is 2.27 bits per heavy atom. The fourth-order valence-electron chi connectivity index (χ4n) is 1.59. The molecule has 4 heteroatoms.